The Balaban J connectivity index is 1.46. The number of piperazine rings is 1. The Bertz CT molecular complexity index is 520. The molecule has 3 heterocycles. The van der Waals surface area contributed by atoms with Gasteiger partial charge in [0.1, 0.15) is 5.82 Å². The molecule has 1 atom stereocenters. The molecule has 2 aliphatic heterocycles. The number of aryl methyl sites for hydroxylation is 1. The quantitative estimate of drug-likeness (QED) is 0.903. The molecule has 0 bridgehead atoms. The van der Waals surface area contributed by atoms with Gasteiger partial charge < -0.3 is 15.1 Å². The van der Waals surface area contributed by atoms with Gasteiger partial charge in [-0.2, -0.15) is 4.37 Å². The van der Waals surface area contributed by atoms with Crippen LogP contribution < -0.4 is 10.2 Å². The molecule has 0 aliphatic carbocycles. The fourth-order valence-electron chi connectivity index (χ4n) is 3.55. The molecule has 1 aromatic heterocycles. The normalized spacial score (nSPS) is 21.5. The van der Waals surface area contributed by atoms with Crippen LogP contribution in [0.2, 0.25) is 0 Å². The van der Waals surface area contributed by atoms with E-state index in [1.165, 1.54) is 24.4 Å². The summed E-state index contributed by atoms with van der Waals surface area (Å²) < 4.78 is 4.24. The third-order valence-corrected chi connectivity index (χ3v) is 5.97. The van der Waals surface area contributed by atoms with E-state index in [4.69, 9.17) is 0 Å². The van der Waals surface area contributed by atoms with Crippen LogP contribution in [0.5, 0.6) is 0 Å². The third-order valence-electron chi connectivity index (χ3n) is 5.10. The van der Waals surface area contributed by atoms with E-state index in [1.807, 2.05) is 11.8 Å². The van der Waals surface area contributed by atoms with E-state index >= 15 is 0 Å². The maximum atomic E-state index is 12.6. The topological polar surface area (TPSA) is 61.4 Å². The van der Waals surface area contributed by atoms with E-state index in [9.17, 15) is 4.79 Å². The van der Waals surface area contributed by atoms with Crippen LogP contribution in [0.4, 0.5) is 5.13 Å². The Labute approximate surface area is 142 Å². The van der Waals surface area contributed by atoms with Crippen molar-refractivity contribution >= 4 is 22.6 Å². The number of piperidine rings is 1. The van der Waals surface area contributed by atoms with Crippen LogP contribution in [0.25, 0.3) is 0 Å². The van der Waals surface area contributed by atoms with Crippen LogP contribution in [0.1, 0.15) is 32.0 Å². The first-order valence-corrected chi connectivity index (χ1v) is 9.44. The van der Waals surface area contributed by atoms with Crippen LogP contribution >= 0.6 is 11.5 Å². The zero-order valence-corrected chi connectivity index (χ0v) is 14.9. The summed E-state index contributed by atoms with van der Waals surface area (Å²) in [6, 6.07) is 0. The number of hydrogen-bond acceptors (Lipinski definition) is 6. The molecule has 2 fully saturated rings. The highest BCUT2D eigenvalue weighted by molar-refractivity contribution is 7.09. The van der Waals surface area contributed by atoms with Crippen LogP contribution in [0.3, 0.4) is 0 Å². The highest BCUT2D eigenvalue weighted by Crippen LogP contribution is 2.25. The number of nitrogens with one attached hydrogen (secondary N) is 1. The molecule has 1 unspecified atom stereocenters. The standard InChI is InChI=1S/C16H27N5OS/c1-12(14-3-5-17-6-4-14)11-15(22)20-7-9-21(10-8-20)16-18-13(2)19-23-16/h12,14,17H,3-11H2,1-2H3. The molecule has 6 nitrogen and oxygen atoms in total. The Kier molecular flexibility index (Phi) is 5.48. The van der Waals surface area contributed by atoms with E-state index in [-0.39, 0.29) is 0 Å². The monoisotopic (exact) mass is 337 g/mol. The lowest BCUT2D eigenvalue weighted by molar-refractivity contribution is -0.132. The third kappa shape index (κ3) is 4.20. The van der Waals surface area contributed by atoms with Crippen molar-refractivity contribution < 1.29 is 4.79 Å². The Hall–Kier alpha value is -1.21. The van der Waals surface area contributed by atoms with Gasteiger partial charge in [0.15, 0.2) is 0 Å². The summed E-state index contributed by atoms with van der Waals surface area (Å²) in [5.41, 5.74) is 0. The zero-order valence-electron chi connectivity index (χ0n) is 14.1. The van der Waals surface area contributed by atoms with Gasteiger partial charge in [-0.3, -0.25) is 4.79 Å². The van der Waals surface area contributed by atoms with Crippen molar-refractivity contribution in [3.8, 4) is 0 Å². The molecule has 3 rings (SSSR count). The Morgan fingerprint density at radius 2 is 2.00 bits per heavy atom. The molecule has 1 amide bonds. The number of rotatable bonds is 4. The lowest BCUT2D eigenvalue weighted by Gasteiger charge is -2.36. The van der Waals surface area contributed by atoms with Crippen molar-refractivity contribution in [2.45, 2.75) is 33.1 Å². The van der Waals surface area contributed by atoms with Crippen LogP contribution in [-0.2, 0) is 4.79 Å². The first kappa shape index (κ1) is 16.6. The number of amides is 1. The first-order valence-electron chi connectivity index (χ1n) is 8.67. The van der Waals surface area contributed by atoms with E-state index in [0.29, 0.717) is 24.2 Å². The average molecular weight is 337 g/mol. The van der Waals surface area contributed by atoms with E-state index in [0.717, 1.165) is 50.2 Å². The number of carbonyl (C=O) groups excluding carboxylic acids is 1. The van der Waals surface area contributed by atoms with Gasteiger partial charge in [0, 0.05) is 44.1 Å². The molecule has 0 spiro atoms. The maximum Gasteiger partial charge on any atom is 0.222 e. The highest BCUT2D eigenvalue weighted by atomic mass is 32.1. The van der Waals surface area contributed by atoms with Crippen molar-refractivity contribution in [3.63, 3.8) is 0 Å². The minimum atomic E-state index is 0.323. The number of anilines is 1. The number of carbonyl (C=O) groups is 1. The molecule has 2 aliphatic rings. The second-order valence-electron chi connectivity index (χ2n) is 6.76. The largest absolute Gasteiger partial charge is 0.343 e. The predicted octanol–water partition coefficient (Wildman–Crippen LogP) is 1.52. The fourth-order valence-corrected chi connectivity index (χ4v) is 4.27. The van der Waals surface area contributed by atoms with Gasteiger partial charge in [-0.1, -0.05) is 6.92 Å². The lowest BCUT2D eigenvalue weighted by Crippen LogP contribution is -2.49. The zero-order chi connectivity index (χ0) is 16.2. The van der Waals surface area contributed by atoms with Crippen LogP contribution in [-0.4, -0.2) is 59.4 Å². The van der Waals surface area contributed by atoms with Gasteiger partial charge in [-0.15, -0.1) is 0 Å². The molecule has 1 N–H and O–H groups in total. The van der Waals surface area contributed by atoms with Crippen molar-refractivity contribution in [2.24, 2.45) is 11.8 Å². The molecule has 2 saturated heterocycles. The van der Waals surface area contributed by atoms with Crippen molar-refractivity contribution in [3.05, 3.63) is 5.82 Å². The molecular weight excluding hydrogens is 310 g/mol. The molecular formula is C16H27N5OS. The molecule has 0 radical (unpaired) electrons. The minimum Gasteiger partial charge on any atom is -0.343 e. The maximum absolute atomic E-state index is 12.6. The van der Waals surface area contributed by atoms with Crippen molar-refractivity contribution in [1.82, 2.24) is 19.6 Å². The lowest BCUT2D eigenvalue weighted by atomic mass is 9.84. The van der Waals surface area contributed by atoms with Gasteiger partial charge in [0.2, 0.25) is 11.0 Å². The smallest absolute Gasteiger partial charge is 0.222 e. The summed E-state index contributed by atoms with van der Waals surface area (Å²) in [6.07, 6.45) is 3.11. The average Bonchev–Trinajstić information content (AvgIpc) is 3.02. The number of nitrogens with zero attached hydrogens (tertiary/aromatic N) is 4. The van der Waals surface area contributed by atoms with Gasteiger partial charge in [0.25, 0.3) is 0 Å². The molecule has 0 aromatic carbocycles. The van der Waals surface area contributed by atoms with Crippen LogP contribution in [0, 0.1) is 18.8 Å². The summed E-state index contributed by atoms with van der Waals surface area (Å²) in [5, 5.41) is 4.38. The number of aromatic nitrogens is 2. The summed E-state index contributed by atoms with van der Waals surface area (Å²) in [6.45, 7) is 9.69. The molecule has 1 aromatic rings. The van der Waals surface area contributed by atoms with E-state index in [2.05, 4.69) is 26.5 Å². The van der Waals surface area contributed by atoms with E-state index < -0.39 is 0 Å². The molecule has 128 valence electrons. The van der Waals surface area contributed by atoms with Crippen LogP contribution in [0.15, 0.2) is 0 Å². The van der Waals surface area contributed by atoms with Gasteiger partial charge in [-0.25, -0.2) is 4.98 Å². The molecule has 23 heavy (non-hydrogen) atoms. The van der Waals surface area contributed by atoms with Gasteiger partial charge in [-0.05, 0) is 44.7 Å². The molecule has 7 heteroatoms. The summed E-state index contributed by atoms with van der Waals surface area (Å²) in [7, 11) is 0. The predicted molar refractivity (Wildman–Crippen MR) is 92.8 cm³/mol. The van der Waals surface area contributed by atoms with Gasteiger partial charge >= 0.3 is 0 Å². The summed E-state index contributed by atoms with van der Waals surface area (Å²) in [5.74, 6) is 2.35. The SMILES string of the molecule is Cc1nsc(N2CCN(C(=O)CC(C)C3CCNCC3)CC2)n1. The fraction of sp³-hybridized carbons (Fsp3) is 0.812. The molecule has 0 saturated carbocycles. The Morgan fingerprint density at radius 1 is 1.30 bits per heavy atom. The van der Waals surface area contributed by atoms with Crippen molar-refractivity contribution in [2.75, 3.05) is 44.2 Å². The summed E-state index contributed by atoms with van der Waals surface area (Å²) in [4.78, 5) is 21.3. The Morgan fingerprint density at radius 3 is 2.61 bits per heavy atom. The highest BCUT2D eigenvalue weighted by Gasteiger charge is 2.27. The van der Waals surface area contributed by atoms with Gasteiger partial charge in [0.05, 0.1) is 0 Å². The second-order valence-corrected chi connectivity index (χ2v) is 7.49. The number of hydrogen-bond donors (Lipinski definition) is 1. The first-order chi connectivity index (χ1) is 11.1. The second kappa shape index (κ2) is 7.57. The summed E-state index contributed by atoms with van der Waals surface area (Å²) >= 11 is 1.45. The minimum absolute atomic E-state index is 0.323. The van der Waals surface area contributed by atoms with E-state index in [1.54, 1.807) is 0 Å². The van der Waals surface area contributed by atoms with Crippen molar-refractivity contribution in [1.29, 1.82) is 0 Å².